The first-order chi connectivity index (χ1) is 18.8. The van der Waals surface area contributed by atoms with Crippen LogP contribution in [0.3, 0.4) is 0 Å². The van der Waals surface area contributed by atoms with Crippen LogP contribution in [0.4, 0.5) is 5.69 Å². The van der Waals surface area contributed by atoms with Gasteiger partial charge in [0.05, 0.1) is 10.6 Å². The Morgan fingerprint density at radius 1 is 0.950 bits per heavy atom. The van der Waals surface area contributed by atoms with Crippen LogP contribution in [-0.4, -0.2) is 43.8 Å². The molecule has 0 saturated carbocycles. The molecule has 0 fully saturated rings. The molecular weight excluding hydrogens is 637 g/mol. The highest BCUT2D eigenvalue weighted by Gasteiger charge is 2.33. The minimum Gasteiger partial charge on any atom is -0.352 e. The maximum Gasteiger partial charge on any atom is 0.264 e. The highest BCUT2D eigenvalue weighted by atomic mass is 79.9. The van der Waals surface area contributed by atoms with E-state index in [9.17, 15) is 18.0 Å². The SMILES string of the molecule is CC[C@@H](C)NC(=O)[C@H](C)N(Cc1ccc(Br)cc1)C(=O)CN(c1cc(Cl)cc(Cl)c1)S(=O)(=O)c1ccc(C)cc1. The lowest BCUT2D eigenvalue weighted by molar-refractivity contribution is -0.139. The summed E-state index contributed by atoms with van der Waals surface area (Å²) in [5.74, 6) is -0.903. The van der Waals surface area contributed by atoms with Crippen LogP contribution in [0.5, 0.6) is 0 Å². The van der Waals surface area contributed by atoms with Crippen molar-refractivity contribution in [2.45, 2.75) is 57.6 Å². The summed E-state index contributed by atoms with van der Waals surface area (Å²) in [5.41, 5.74) is 1.79. The predicted octanol–water partition coefficient (Wildman–Crippen LogP) is 6.59. The fraction of sp³-hybridized carbons (Fsp3) is 0.310. The van der Waals surface area contributed by atoms with Gasteiger partial charge in [0.25, 0.3) is 10.0 Å². The zero-order valence-corrected chi connectivity index (χ0v) is 26.6. The number of benzene rings is 3. The zero-order valence-electron chi connectivity index (χ0n) is 22.7. The molecule has 2 amide bonds. The predicted molar refractivity (Wildman–Crippen MR) is 164 cm³/mol. The van der Waals surface area contributed by atoms with Gasteiger partial charge in [-0.05, 0) is 75.2 Å². The topological polar surface area (TPSA) is 86.8 Å². The molecule has 0 radical (unpaired) electrons. The third-order valence-electron chi connectivity index (χ3n) is 6.46. The van der Waals surface area contributed by atoms with Crippen molar-refractivity contribution in [1.29, 1.82) is 0 Å². The maximum absolute atomic E-state index is 14.0. The van der Waals surface area contributed by atoms with Crippen molar-refractivity contribution >= 4 is 66.7 Å². The molecule has 3 rings (SSSR count). The lowest BCUT2D eigenvalue weighted by Crippen LogP contribution is -2.52. The first-order valence-corrected chi connectivity index (χ1v) is 15.7. The van der Waals surface area contributed by atoms with Crippen LogP contribution in [0, 0.1) is 6.92 Å². The molecule has 0 aliphatic carbocycles. The van der Waals surface area contributed by atoms with Crippen LogP contribution in [0.2, 0.25) is 10.0 Å². The minimum absolute atomic E-state index is 0.00372. The quantitative estimate of drug-likeness (QED) is 0.250. The highest BCUT2D eigenvalue weighted by molar-refractivity contribution is 9.10. The second-order valence-electron chi connectivity index (χ2n) is 9.59. The van der Waals surface area contributed by atoms with Gasteiger partial charge in [0, 0.05) is 27.1 Å². The van der Waals surface area contributed by atoms with Crippen LogP contribution in [0.25, 0.3) is 0 Å². The summed E-state index contributed by atoms with van der Waals surface area (Å²) >= 11 is 15.9. The van der Waals surface area contributed by atoms with E-state index in [0.717, 1.165) is 26.3 Å². The monoisotopic (exact) mass is 667 g/mol. The van der Waals surface area contributed by atoms with E-state index in [1.807, 2.05) is 45.0 Å². The van der Waals surface area contributed by atoms with Gasteiger partial charge in [-0.1, -0.05) is 75.9 Å². The Morgan fingerprint density at radius 3 is 2.08 bits per heavy atom. The third kappa shape index (κ3) is 8.22. The molecule has 0 spiro atoms. The summed E-state index contributed by atoms with van der Waals surface area (Å²) in [6.45, 7) is 6.82. The first kappa shape index (κ1) is 31.9. The number of anilines is 1. The number of rotatable bonds is 11. The number of aryl methyl sites for hydroxylation is 1. The molecule has 40 heavy (non-hydrogen) atoms. The summed E-state index contributed by atoms with van der Waals surface area (Å²) in [7, 11) is -4.22. The molecule has 0 aromatic heterocycles. The van der Waals surface area contributed by atoms with Crippen LogP contribution in [0.15, 0.2) is 76.1 Å². The number of hydrogen-bond donors (Lipinski definition) is 1. The van der Waals surface area contributed by atoms with Gasteiger partial charge in [-0.25, -0.2) is 8.42 Å². The second-order valence-corrected chi connectivity index (χ2v) is 13.2. The Balaban J connectivity index is 2.05. The van der Waals surface area contributed by atoms with E-state index in [1.54, 1.807) is 19.1 Å². The molecule has 11 heteroatoms. The average molecular weight is 669 g/mol. The summed E-state index contributed by atoms with van der Waals surface area (Å²) in [4.78, 5) is 28.5. The molecule has 7 nitrogen and oxygen atoms in total. The Labute approximate surface area is 254 Å². The van der Waals surface area contributed by atoms with Crippen molar-refractivity contribution in [3.63, 3.8) is 0 Å². The zero-order chi connectivity index (χ0) is 29.6. The van der Waals surface area contributed by atoms with E-state index >= 15 is 0 Å². The van der Waals surface area contributed by atoms with Gasteiger partial charge >= 0.3 is 0 Å². The second kappa shape index (κ2) is 13.9. The van der Waals surface area contributed by atoms with Crippen molar-refractivity contribution in [3.05, 3.63) is 92.4 Å². The molecular formula is C29H32BrCl2N3O4S. The lowest BCUT2D eigenvalue weighted by Gasteiger charge is -2.32. The Bertz CT molecular complexity index is 1430. The molecule has 3 aromatic carbocycles. The Kier molecular flexibility index (Phi) is 11.1. The van der Waals surface area contributed by atoms with Gasteiger partial charge < -0.3 is 10.2 Å². The minimum atomic E-state index is -4.22. The molecule has 3 aromatic rings. The van der Waals surface area contributed by atoms with Gasteiger partial charge in [0.2, 0.25) is 11.8 Å². The average Bonchev–Trinajstić information content (AvgIpc) is 2.90. The molecule has 1 N–H and O–H groups in total. The van der Waals surface area contributed by atoms with Crippen molar-refractivity contribution in [3.8, 4) is 0 Å². The van der Waals surface area contributed by atoms with E-state index < -0.39 is 28.5 Å². The van der Waals surface area contributed by atoms with Gasteiger partial charge in [0.15, 0.2) is 0 Å². The van der Waals surface area contributed by atoms with Crippen molar-refractivity contribution in [2.75, 3.05) is 10.8 Å². The fourth-order valence-electron chi connectivity index (χ4n) is 3.88. The summed E-state index contributed by atoms with van der Waals surface area (Å²) in [6, 6.07) is 17.0. The van der Waals surface area contributed by atoms with E-state index in [0.29, 0.717) is 0 Å². The van der Waals surface area contributed by atoms with E-state index in [-0.39, 0.29) is 39.1 Å². The Morgan fingerprint density at radius 2 is 1.52 bits per heavy atom. The Hall–Kier alpha value is -2.59. The van der Waals surface area contributed by atoms with Crippen molar-refractivity contribution in [2.24, 2.45) is 0 Å². The van der Waals surface area contributed by atoms with Crippen LogP contribution in [-0.2, 0) is 26.2 Å². The molecule has 0 bridgehead atoms. The first-order valence-electron chi connectivity index (χ1n) is 12.7. The lowest BCUT2D eigenvalue weighted by atomic mass is 10.1. The molecule has 0 aliphatic rings. The van der Waals surface area contributed by atoms with Gasteiger partial charge in [-0.3, -0.25) is 13.9 Å². The smallest absolute Gasteiger partial charge is 0.264 e. The van der Waals surface area contributed by atoms with Gasteiger partial charge in [-0.15, -0.1) is 0 Å². The molecule has 0 heterocycles. The fourth-order valence-corrected chi connectivity index (χ4v) is 6.06. The number of carbonyl (C=O) groups excluding carboxylic acids is 2. The third-order valence-corrected chi connectivity index (χ3v) is 9.21. The standard InChI is InChI=1S/C29H32BrCl2N3O4S/c1-5-20(3)33-29(37)21(4)34(17-22-8-10-23(30)11-9-22)28(36)18-35(26-15-24(31)14-25(32)16-26)40(38,39)27-12-6-19(2)7-13-27/h6-16,20-21H,5,17-18H2,1-4H3,(H,33,37)/t20-,21+/m1/s1. The van der Waals surface area contributed by atoms with Crippen LogP contribution in [0.1, 0.15) is 38.3 Å². The molecule has 2 atom stereocenters. The van der Waals surface area contributed by atoms with Crippen molar-refractivity contribution < 1.29 is 18.0 Å². The van der Waals surface area contributed by atoms with Gasteiger partial charge in [-0.2, -0.15) is 0 Å². The molecule has 0 aliphatic heterocycles. The van der Waals surface area contributed by atoms with E-state index in [2.05, 4.69) is 21.2 Å². The number of sulfonamides is 1. The van der Waals surface area contributed by atoms with E-state index in [4.69, 9.17) is 23.2 Å². The number of hydrogen-bond acceptors (Lipinski definition) is 4. The summed E-state index contributed by atoms with van der Waals surface area (Å²) in [5, 5.41) is 3.34. The van der Waals surface area contributed by atoms with Crippen molar-refractivity contribution in [1.82, 2.24) is 10.2 Å². The number of amides is 2. The molecule has 0 saturated heterocycles. The van der Waals surface area contributed by atoms with Crippen LogP contribution >= 0.6 is 39.1 Å². The van der Waals surface area contributed by atoms with Gasteiger partial charge in [0.1, 0.15) is 12.6 Å². The normalized spacial score (nSPS) is 12.9. The maximum atomic E-state index is 14.0. The number of nitrogens with zero attached hydrogens (tertiary/aromatic N) is 2. The van der Waals surface area contributed by atoms with E-state index in [1.165, 1.54) is 35.2 Å². The molecule has 214 valence electrons. The largest absolute Gasteiger partial charge is 0.352 e. The highest BCUT2D eigenvalue weighted by Crippen LogP contribution is 2.30. The summed E-state index contributed by atoms with van der Waals surface area (Å²) < 4.78 is 29.6. The van der Waals surface area contributed by atoms with Crippen LogP contribution < -0.4 is 9.62 Å². The number of nitrogens with one attached hydrogen (secondary N) is 1. The number of halogens is 3. The summed E-state index contributed by atoms with van der Waals surface area (Å²) in [6.07, 6.45) is 0.719. The number of carbonyl (C=O) groups is 2. The molecule has 0 unspecified atom stereocenters.